The predicted molar refractivity (Wildman–Crippen MR) is 77.8 cm³/mol. The van der Waals surface area contributed by atoms with Gasteiger partial charge in [0.1, 0.15) is 5.82 Å². The fraction of sp³-hybridized carbons (Fsp3) is 0.429. The summed E-state index contributed by atoms with van der Waals surface area (Å²) in [6.07, 6.45) is 3.79. The number of urea groups is 1. The van der Waals surface area contributed by atoms with Crippen LogP contribution in [0.15, 0.2) is 29.4 Å². The van der Waals surface area contributed by atoms with Gasteiger partial charge in [-0.2, -0.15) is 0 Å². The fourth-order valence-electron chi connectivity index (χ4n) is 2.54. The lowest BCUT2D eigenvalue weighted by Gasteiger charge is -2.28. The van der Waals surface area contributed by atoms with Crippen molar-refractivity contribution in [2.75, 3.05) is 11.9 Å². The highest BCUT2D eigenvalue weighted by Crippen LogP contribution is 2.24. The maximum Gasteiger partial charge on any atom is 0.322 e. The number of nitrogens with zero attached hydrogens (tertiary/aromatic N) is 2. The molecular weight excluding hydrogens is 275 g/mol. The van der Waals surface area contributed by atoms with E-state index in [4.69, 9.17) is 10.9 Å². The van der Waals surface area contributed by atoms with Gasteiger partial charge in [-0.25, -0.2) is 9.18 Å². The summed E-state index contributed by atoms with van der Waals surface area (Å²) in [5, 5.41) is 14.1. The molecule has 6 nitrogen and oxygen atoms in total. The number of carbonyl (C=O) groups excluding carboxylic acids is 1. The Morgan fingerprint density at radius 1 is 1.43 bits per heavy atom. The van der Waals surface area contributed by atoms with Crippen molar-refractivity contribution < 1.29 is 14.4 Å². The van der Waals surface area contributed by atoms with Gasteiger partial charge in [0.05, 0.1) is 12.2 Å². The van der Waals surface area contributed by atoms with E-state index in [2.05, 4.69) is 10.5 Å². The summed E-state index contributed by atoms with van der Waals surface area (Å²) in [6, 6.07) is 5.54. The summed E-state index contributed by atoms with van der Waals surface area (Å²) in [5.74, 6) is -0.549. The third-order valence-electron chi connectivity index (χ3n) is 3.60. The molecule has 1 aromatic rings. The number of para-hydroxylation sites is 1. The van der Waals surface area contributed by atoms with Gasteiger partial charge in [0.2, 0.25) is 0 Å². The lowest BCUT2D eigenvalue weighted by molar-refractivity contribution is 0.197. The number of oxime groups is 1. The Hall–Kier alpha value is -2.31. The van der Waals surface area contributed by atoms with Crippen LogP contribution in [0.3, 0.4) is 0 Å². The van der Waals surface area contributed by atoms with Gasteiger partial charge < -0.3 is 21.2 Å². The molecule has 0 aromatic heterocycles. The Labute approximate surface area is 122 Å². The molecule has 0 spiro atoms. The van der Waals surface area contributed by atoms with Gasteiger partial charge in [-0.05, 0) is 25.0 Å². The van der Waals surface area contributed by atoms with E-state index in [-0.39, 0.29) is 24.1 Å². The number of hydrogen-bond donors (Lipinski definition) is 3. The van der Waals surface area contributed by atoms with E-state index in [1.807, 2.05) is 0 Å². The topological polar surface area (TPSA) is 91.0 Å². The van der Waals surface area contributed by atoms with Crippen molar-refractivity contribution in [2.45, 2.75) is 31.7 Å². The second-order valence-electron chi connectivity index (χ2n) is 5.07. The first-order valence-electron chi connectivity index (χ1n) is 6.90. The highest BCUT2D eigenvalue weighted by atomic mass is 19.1. The molecule has 0 radical (unpaired) electrons. The number of nitrogens with one attached hydrogen (secondary N) is 1. The molecule has 0 unspecified atom stereocenters. The molecule has 1 aromatic carbocycles. The molecular formula is C14H19FN4O2. The van der Waals surface area contributed by atoms with E-state index < -0.39 is 11.8 Å². The lowest BCUT2D eigenvalue weighted by Crippen LogP contribution is -2.46. The van der Waals surface area contributed by atoms with E-state index in [1.54, 1.807) is 12.1 Å². The Morgan fingerprint density at radius 3 is 2.71 bits per heavy atom. The number of anilines is 1. The van der Waals surface area contributed by atoms with Crippen molar-refractivity contribution in [1.82, 2.24) is 4.90 Å². The quantitative estimate of drug-likeness (QED) is 0.344. The first kappa shape index (κ1) is 15.1. The number of rotatable bonds is 4. The maximum atomic E-state index is 13.6. The number of hydrogen-bond acceptors (Lipinski definition) is 3. The number of halogens is 1. The first-order chi connectivity index (χ1) is 10.1. The third kappa shape index (κ3) is 3.84. The molecule has 2 rings (SSSR count). The zero-order valence-corrected chi connectivity index (χ0v) is 11.6. The van der Waals surface area contributed by atoms with Crippen LogP contribution in [0.25, 0.3) is 0 Å². The smallest absolute Gasteiger partial charge is 0.322 e. The van der Waals surface area contributed by atoms with Crippen molar-refractivity contribution in [3.63, 3.8) is 0 Å². The molecule has 0 atom stereocenters. The normalized spacial score (nSPS) is 16.0. The third-order valence-corrected chi connectivity index (χ3v) is 3.60. The zero-order valence-electron chi connectivity index (χ0n) is 11.6. The van der Waals surface area contributed by atoms with Crippen LogP contribution in [0.4, 0.5) is 14.9 Å². The molecule has 7 heteroatoms. The summed E-state index contributed by atoms with van der Waals surface area (Å²) in [5.41, 5.74) is 5.62. The molecule has 1 aliphatic carbocycles. The number of amidine groups is 1. The van der Waals surface area contributed by atoms with Gasteiger partial charge in [-0.3, -0.25) is 0 Å². The Morgan fingerprint density at radius 2 is 2.10 bits per heavy atom. The Bertz CT molecular complexity index is 529. The molecule has 2 amide bonds. The Kier molecular flexibility index (Phi) is 4.97. The highest BCUT2D eigenvalue weighted by Gasteiger charge is 2.27. The first-order valence-corrected chi connectivity index (χ1v) is 6.90. The molecule has 1 fully saturated rings. The molecule has 0 heterocycles. The second kappa shape index (κ2) is 6.92. The predicted octanol–water partition coefficient (Wildman–Crippen LogP) is 2.35. The molecule has 0 aliphatic heterocycles. The van der Waals surface area contributed by atoms with Crippen LogP contribution in [0.5, 0.6) is 0 Å². The van der Waals surface area contributed by atoms with Gasteiger partial charge in [0.15, 0.2) is 5.84 Å². The molecule has 21 heavy (non-hydrogen) atoms. The second-order valence-corrected chi connectivity index (χ2v) is 5.07. The minimum absolute atomic E-state index is 0.0153. The summed E-state index contributed by atoms with van der Waals surface area (Å²) in [4.78, 5) is 13.9. The minimum Gasteiger partial charge on any atom is -0.409 e. The molecule has 0 bridgehead atoms. The zero-order chi connectivity index (χ0) is 15.2. The summed E-state index contributed by atoms with van der Waals surface area (Å²) in [6.45, 7) is 0.0153. The molecule has 1 saturated carbocycles. The van der Waals surface area contributed by atoms with Crippen molar-refractivity contribution in [1.29, 1.82) is 0 Å². The maximum absolute atomic E-state index is 13.6. The van der Waals surface area contributed by atoms with Crippen LogP contribution in [0.2, 0.25) is 0 Å². The van der Waals surface area contributed by atoms with Crippen molar-refractivity contribution >= 4 is 17.6 Å². The molecule has 4 N–H and O–H groups in total. The SMILES string of the molecule is NC(CN(C(=O)Nc1ccccc1F)C1CCCC1)=NO. The van der Waals surface area contributed by atoms with Crippen molar-refractivity contribution in [2.24, 2.45) is 10.9 Å². The van der Waals surface area contributed by atoms with Gasteiger partial charge in [-0.1, -0.05) is 30.1 Å². The van der Waals surface area contributed by atoms with Crippen LogP contribution in [-0.4, -0.2) is 34.6 Å². The number of amides is 2. The summed E-state index contributed by atoms with van der Waals surface area (Å²) < 4.78 is 13.6. The van der Waals surface area contributed by atoms with E-state index in [0.29, 0.717) is 0 Å². The molecule has 1 aliphatic rings. The molecule has 0 saturated heterocycles. The lowest BCUT2D eigenvalue weighted by atomic mass is 10.2. The summed E-state index contributed by atoms with van der Waals surface area (Å²) >= 11 is 0. The van der Waals surface area contributed by atoms with Crippen LogP contribution in [0, 0.1) is 5.82 Å². The van der Waals surface area contributed by atoms with Gasteiger partial charge in [0, 0.05) is 6.04 Å². The van der Waals surface area contributed by atoms with Crippen LogP contribution >= 0.6 is 0 Å². The van der Waals surface area contributed by atoms with E-state index in [0.717, 1.165) is 25.7 Å². The largest absolute Gasteiger partial charge is 0.409 e. The van der Waals surface area contributed by atoms with Gasteiger partial charge in [-0.15, -0.1) is 0 Å². The molecule has 114 valence electrons. The number of carbonyl (C=O) groups is 1. The minimum atomic E-state index is -0.499. The average Bonchev–Trinajstić information content (AvgIpc) is 3.00. The summed E-state index contributed by atoms with van der Waals surface area (Å²) in [7, 11) is 0. The van der Waals surface area contributed by atoms with E-state index >= 15 is 0 Å². The van der Waals surface area contributed by atoms with Crippen LogP contribution < -0.4 is 11.1 Å². The average molecular weight is 294 g/mol. The standard InChI is InChI=1S/C14H19FN4O2/c15-11-7-3-4-8-12(11)17-14(20)19(9-13(16)18-21)10-5-1-2-6-10/h3-4,7-8,10,21H,1-2,5-6,9H2,(H2,16,18)(H,17,20). The van der Waals surface area contributed by atoms with Crippen LogP contribution in [-0.2, 0) is 0 Å². The Balaban J connectivity index is 2.11. The van der Waals surface area contributed by atoms with E-state index in [9.17, 15) is 9.18 Å². The highest BCUT2D eigenvalue weighted by molar-refractivity contribution is 5.93. The van der Waals surface area contributed by atoms with Gasteiger partial charge >= 0.3 is 6.03 Å². The fourth-order valence-corrected chi connectivity index (χ4v) is 2.54. The monoisotopic (exact) mass is 294 g/mol. The van der Waals surface area contributed by atoms with Crippen molar-refractivity contribution in [3.8, 4) is 0 Å². The van der Waals surface area contributed by atoms with E-state index in [1.165, 1.54) is 17.0 Å². The number of nitrogens with two attached hydrogens (primary N) is 1. The number of benzene rings is 1. The van der Waals surface area contributed by atoms with Crippen LogP contribution in [0.1, 0.15) is 25.7 Å². The van der Waals surface area contributed by atoms with Crippen molar-refractivity contribution in [3.05, 3.63) is 30.1 Å². The van der Waals surface area contributed by atoms with Gasteiger partial charge in [0.25, 0.3) is 0 Å².